The molecule has 0 aliphatic rings. The average molecular weight is 448 g/mol. The van der Waals surface area contributed by atoms with Crippen molar-refractivity contribution in [3.05, 3.63) is 29.7 Å². The summed E-state index contributed by atoms with van der Waals surface area (Å²) >= 11 is 1.66. The van der Waals surface area contributed by atoms with Gasteiger partial charge in [-0.1, -0.05) is 11.3 Å². The number of nitrogen functional groups attached to an aromatic ring is 1. The molecule has 0 aliphatic carbocycles. The highest BCUT2D eigenvalue weighted by molar-refractivity contribution is 7.93. The van der Waals surface area contributed by atoms with E-state index in [-0.39, 0.29) is 0 Å². The fourth-order valence-electron chi connectivity index (χ4n) is 3.06. The lowest BCUT2D eigenvalue weighted by Crippen LogP contribution is -2.12. The number of ether oxygens (including phenoxy) is 1. The molecule has 0 fully saturated rings. The predicted molar refractivity (Wildman–Crippen MR) is 120 cm³/mol. The molecular weight excluding hydrogens is 426 g/mol. The Labute approximate surface area is 179 Å². The van der Waals surface area contributed by atoms with E-state index in [2.05, 4.69) is 9.97 Å². The van der Waals surface area contributed by atoms with E-state index < -0.39 is 11.2 Å². The number of imidazole rings is 1. The zero-order valence-corrected chi connectivity index (χ0v) is 18.8. The fourth-order valence-corrected chi connectivity index (χ4v) is 6.17. The SMILES string of the molecule is CCOCC[S+]([O-])c1sc2nc(-c3nccs3)cc(-c3cnc(C)n3C)c2c1N. The third-order valence-corrected chi connectivity index (χ3v) is 8.30. The van der Waals surface area contributed by atoms with Crippen LogP contribution in [0, 0.1) is 6.92 Å². The summed E-state index contributed by atoms with van der Waals surface area (Å²) in [4.78, 5) is 14.4. The molecule has 0 aromatic carbocycles. The number of hydrogen-bond acceptors (Lipinski definition) is 8. The van der Waals surface area contributed by atoms with Gasteiger partial charge in [-0.2, -0.15) is 0 Å². The summed E-state index contributed by atoms with van der Waals surface area (Å²) in [5.74, 6) is 1.31. The molecule has 0 spiro atoms. The third kappa shape index (κ3) is 3.78. The van der Waals surface area contributed by atoms with Crippen molar-refractivity contribution < 1.29 is 9.29 Å². The highest BCUT2D eigenvalue weighted by Crippen LogP contribution is 2.43. The van der Waals surface area contributed by atoms with Gasteiger partial charge in [0.2, 0.25) is 4.21 Å². The summed E-state index contributed by atoms with van der Waals surface area (Å²) in [6.45, 7) is 4.90. The number of fused-ring (bicyclic) bond motifs is 1. The first-order chi connectivity index (χ1) is 14.0. The highest BCUT2D eigenvalue weighted by Gasteiger charge is 2.26. The van der Waals surface area contributed by atoms with Crippen LogP contribution in [0.2, 0.25) is 0 Å². The molecule has 4 heterocycles. The molecule has 1 atom stereocenters. The highest BCUT2D eigenvalue weighted by atomic mass is 32.2. The topological polar surface area (TPSA) is 102 Å². The quantitative estimate of drug-likeness (QED) is 0.341. The maximum absolute atomic E-state index is 12.8. The van der Waals surface area contributed by atoms with Crippen LogP contribution >= 0.6 is 22.7 Å². The number of aryl methyl sites for hydroxylation is 1. The van der Waals surface area contributed by atoms with E-state index in [0.717, 1.165) is 38.0 Å². The van der Waals surface area contributed by atoms with Crippen LogP contribution in [0.15, 0.2) is 28.0 Å². The molecule has 0 aliphatic heterocycles. The number of pyridine rings is 1. The van der Waals surface area contributed by atoms with Crippen molar-refractivity contribution in [3.63, 3.8) is 0 Å². The Morgan fingerprint density at radius 3 is 2.83 bits per heavy atom. The Bertz CT molecular complexity index is 1140. The van der Waals surface area contributed by atoms with Crippen LogP contribution in [-0.4, -0.2) is 43.0 Å². The first-order valence-corrected chi connectivity index (χ1v) is 12.1. The maximum Gasteiger partial charge on any atom is 0.232 e. The van der Waals surface area contributed by atoms with Crippen LogP contribution in [-0.2, 0) is 23.0 Å². The van der Waals surface area contributed by atoms with Crippen LogP contribution < -0.4 is 5.73 Å². The third-order valence-electron chi connectivity index (χ3n) is 4.64. The standard InChI is InChI=1S/C19H21N5O2S3/c1-4-26-6-8-29(25)19-16(20)15-12(14-10-22-11(2)24(14)3)9-13(23-18(15)28-19)17-21-5-7-27-17/h5,7,9-10H,4,6,8,20H2,1-3H3. The normalized spacial score (nSPS) is 12.7. The average Bonchev–Trinajstić information content (AvgIpc) is 3.43. The van der Waals surface area contributed by atoms with E-state index in [1.807, 2.05) is 43.1 Å². The first-order valence-electron chi connectivity index (χ1n) is 9.09. The molecule has 0 bridgehead atoms. The fraction of sp³-hybridized carbons (Fsp3) is 0.316. The zero-order chi connectivity index (χ0) is 20.5. The van der Waals surface area contributed by atoms with Crippen LogP contribution in [0.25, 0.3) is 32.2 Å². The molecule has 0 saturated carbocycles. The number of hydrogen-bond donors (Lipinski definition) is 1. The molecule has 10 heteroatoms. The largest absolute Gasteiger partial charge is 0.611 e. The van der Waals surface area contributed by atoms with Gasteiger partial charge in [-0.05, 0) is 19.9 Å². The van der Waals surface area contributed by atoms with Gasteiger partial charge < -0.3 is 19.6 Å². The van der Waals surface area contributed by atoms with Crippen molar-refractivity contribution in [2.24, 2.45) is 7.05 Å². The van der Waals surface area contributed by atoms with E-state index in [9.17, 15) is 4.55 Å². The van der Waals surface area contributed by atoms with Crippen molar-refractivity contribution in [3.8, 4) is 22.0 Å². The van der Waals surface area contributed by atoms with Crippen molar-refractivity contribution in [1.82, 2.24) is 19.5 Å². The van der Waals surface area contributed by atoms with Gasteiger partial charge in [-0.15, -0.1) is 11.3 Å². The minimum Gasteiger partial charge on any atom is -0.611 e. The minimum absolute atomic E-state index is 0.407. The van der Waals surface area contributed by atoms with Crippen molar-refractivity contribution in [2.75, 3.05) is 24.7 Å². The molecule has 1 unspecified atom stereocenters. The molecule has 0 amide bonds. The zero-order valence-electron chi connectivity index (χ0n) is 16.3. The number of rotatable bonds is 7. The summed E-state index contributed by atoms with van der Waals surface area (Å²) in [5.41, 5.74) is 9.65. The summed E-state index contributed by atoms with van der Waals surface area (Å²) in [5, 5.41) is 3.57. The summed E-state index contributed by atoms with van der Waals surface area (Å²) in [6, 6.07) is 1.99. The summed E-state index contributed by atoms with van der Waals surface area (Å²) < 4.78 is 20.9. The van der Waals surface area contributed by atoms with E-state index in [0.29, 0.717) is 28.9 Å². The Morgan fingerprint density at radius 2 is 2.17 bits per heavy atom. The van der Waals surface area contributed by atoms with Crippen LogP contribution in [0.3, 0.4) is 0 Å². The van der Waals surface area contributed by atoms with Crippen molar-refractivity contribution in [2.45, 2.75) is 18.1 Å². The molecule has 7 nitrogen and oxygen atoms in total. The second-order valence-electron chi connectivity index (χ2n) is 6.37. The second-order valence-corrected chi connectivity index (χ2v) is 10.0. The Hall–Kier alpha value is -1.98. The van der Waals surface area contributed by atoms with Gasteiger partial charge >= 0.3 is 0 Å². The van der Waals surface area contributed by atoms with Gasteiger partial charge in [0, 0.05) is 47.4 Å². The van der Waals surface area contributed by atoms with E-state index in [1.165, 1.54) is 22.7 Å². The van der Waals surface area contributed by atoms with Gasteiger partial charge in [0.25, 0.3) is 0 Å². The van der Waals surface area contributed by atoms with Crippen molar-refractivity contribution in [1.29, 1.82) is 0 Å². The number of thiazole rings is 1. The van der Waals surface area contributed by atoms with Crippen LogP contribution in [0.1, 0.15) is 12.7 Å². The number of aromatic nitrogens is 4. The first kappa shape index (κ1) is 20.3. The lowest BCUT2D eigenvalue weighted by Gasteiger charge is -2.10. The number of anilines is 1. The molecule has 4 aromatic heterocycles. The summed E-state index contributed by atoms with van der Waals surface area (Å²) in [7, 11) is 1.97. The molecule has 4 aromatic rings. The Balaban J connectivity index is 1.90. The minimum atomic E-state index is -1.24. The molecular formula is C19H21N5O2S3. The molecule has 0 saturated heterocycles. The lowest BCUT2D eigenvalue weighted by atomic mass is 10.1. The molecule has 29 heavy (non-hydrogen) atoms. The number of nitrogens with two attached hydrogens (primary N) is 1. The van der Waals surface area contributed by atoms with Crippen molar-refractivity contribution >= 4 is 49.8 Å². The number of thiophene rings is 1. The monoisotopic (exact) mass is 447 g/mol. The molecule has 4 rings (SSSR count). The Morgan fingerprint density at radius 1 is 1.34 bits per heavy atom. The van der Waals surface area contributed by atoms with E-state index in [1.54, 1.807) is 6.20 Å². The van der Waals surface area contributed by atoms with E-state index >= 15 is 0 Å². The number of nitrogens with zero attached hydrogens (tertiary/aromatic N) is 4. The second kappa shape index (κ2) is 8.41. The van der Waals surface area contributed by atoms with E-state index in [4.69, 9.17) is 15.5 Å². The van der Waals surface area contributed by atoms with Gasteiger partial charge in [0.15, 0.2) is 0 Å². The molecule has 2 N–H and O–H groups in total. The van der Waals surface area contributed by atoms with Crippen LogP contribution in [0.4, 0.5) is 5.69 Å². The smallest absolute Gasteiger partial charge is 0.232 e. The maximum atomic E-state index is 12.8. The van der Waals surface area contributed by atoms with Gasteiger partial charge in [-0.25, -0.2) is 15.0 Å². The summed E-state index contributed by atoms with van der Waals surface area (Å²) in [6.07, 6.45) is 3.59. The van der Waals surface area contributed by atoms with Gasteiger partial charge in [-0.3, -0.25) is 0 Å². The van der Waals surface area contributed by atoms with Gasteiger partial charge in [0.1, 0.15) is 32.8 Å². The Kier molecular flexibility index (Phi) is 5.88. The van der Waals surface area contributed by atoms with Gasteiger partial charge in [0.05, 0.1) is 18.5 Å². The predicted octanol–water partition coefficient (Wildman–Crippen LogP) is 3.86. The van der Waals surface area contributed by atoms with Crippen LogP contribution in [0.5, 0.6) is 0 Å². The molecule has 152 valence electrons. The lowest BCUT2D eigenvalue weighted by molar-refractivity contribution is 0.163. The molecule has 0 radical (unpaired) electrons.